The zero-order chi connectivity index (χ0) is 13.4. The molecular formula is C16H22O4. The van der Waals surface area contributed by atoms with E-state index >= 15 is 0 Å². The number of ketones is 1. The number of Topliss-reactive ketones (excluding diaryl/α,β-unsaturated/α-hetero) is 1. The normalized spacial score (nSPS) is 52.3. The molecule has 5 aliphatic carbocycles. The largest absolute Gasteiger partial charge is 0.311 e. The van der Waals surface area contributed by atoms with Crippen molar-refractivity contribution in [2.75, 3.05) is 0 Å². The van der Waals surface area contributed by atoms with Gasteiger partial charge in [-0.2, -0.15) is 9.78 Å². The van der Waals surface area contributed by atoms with E-state index in [9.17, 15) is 4.79 Å². The highest BCUT2D eigenvalue weighted by molar-refractivity contribution is 5.86. The summed E-state index contributed by atoms with van der Waals surface area (Å²) in [4.78, 5) is 24.2. The summed E-state index contributed by atoms with van der Waals surface area (Å²) in [7, 11) is 0. The summed E-state index contributed by atoms with van der Waals surface area (Å²) in [5.41, 5.74) is 0. The molecular weight excluding hydrogens is 256 g/mol. The van der Waals surface area contributed by atoms with Gasteiger partial charge in [0.05, 0.1) is 5.92 Å². The van der Waals surface area contributed by atoms with E-state index in [1.165, 1.54) is 6.42 Å². The van der Waals surface area contributed by atoms with Crippen molar-refractivity contribution in [2.45, 2.75) is 69.4 Å². The first-order valence-corrected chi connectivity index (χ1v) is 8.32. The lowest BCUT2D eigenvalue weighted by atomic mass is 9.52. The molecule has 6 aliphatic rings. The van der Waals surface area contributed by atoms with Crippen LogP contribution in [0.15, 0.2) is 0 Å². The van der Waals surface area contributed by atoms with Crippen LogP contribution < -0.4 is 0 Å². The summed E-state index contributed by atoms with van der Waals surface area (Å²) in [6, 6.07) is 0. The van der Waals surface area contributed by atoms with Crippen LogP contribution in [0, 0.1) is 23.7 Å². The van der Waals surface area contributed by atoms with Gasteiger partial charge in [0.1, 0.15) is 5.78 Å². The molecule has 1 aliphatic heterocycles. The Bertz CT molecular complexity index is 455. The van der Waals surface area contributed by atoms with Gasteiger partial charge in [-0.05, 0) is 44.4 Å². The molecule has 0 aromatic heterocycles. The Hall–Kier alpha value is -0.450. The Morgan fingerprint density at radius 3 is 2.65 bits per heavy atom. The van der Waals surface area contributed by atoms with Gasteiger partial charge in [-0.1, -0.05) is 6.42 Å². The van der Waals surface area contributed by atoms with Gasteiger partial charge in [-0.25, -0.2) is 0 Å². The standard InChI is InChI=1S/C16H22O4/c17-14-11-6-10-7-12(9-11)16(13(14)8-10)18-15(19-20-16)4-2-1-3-5-15/h10-13H,1-9H2. The van der Waals surface area contributed by atoms with Crippen LogP contribution in [-0.2, 0) is 19.3 Å². The SMILES string of the molecule is O=C1C2CC3CC(C2)C2(OOC4(CCCCC4)O2)C1C3. The minimum atomic E-state index is -0.734. The lowest BCUT2D eigenvalue weighted by Crippen LogP contribution is -2.63. The summed E-state index contributed by atoms with van der Waals surface area (Å²) in [6.45, 7) is 0. The van der Waals surface area contributed by atoms with Crippen LogP contribution in [0.5, 0.6) is 0 Å². The third-order valence-corrected chi connectivity index (χ3v) is 6.46. The third kappa shape index (κ3) is 1.40. The monoisotopic (exact) mass is 278 g/mol. The molecule has 5 atom stereocenters. The Balaban J connectivity index is 1.50. The van der Waals surface area contributed by atoms with E-state index in [1.807, 2.05) is 0 Å². The summed E-state index contributed by atoms with van der Waals surface area (Å²) >= 11 is 0. The number of carbonyl (C=O) groups excluding carboxylic acids is 1. The number of ether oxygens (including phenoxy) is 1. The number of hydrogen-bond acceptors (Lipinski definition) is 4. The van der Waals surface area contributed by atoms with E-state index in [0.717, 1.165) is 51.4 Å². The Morgan fingerprint density at radius 1 is 0.950 bits per heavy atom. The van der Waals surface area contributed by atoms with E-state index in [2.05, 4.69) is 0 Å². The molecule has 5 unspecified atom stereocenters. The van der Waals surface area contributed by atoms with E-state index in [4.69, 9.17) is 14.5 Å². The highest BCUT2D eigenvalue weighted by atomic mass is 17.3. The molecule has 4 nitrogen and oxygen atoms in total. The molecule has 20 heavy (non-hydrogen) atoms. The van der Waals surface area contributed by atoms with Crippen molar-refractivity contribution >= 4 is 5.78 Å². The molecule has 2 spiro atoms. The van der Waals surface area contributed by atoms with Crippen molar-refractivity contribution < 1.29 is 19.3 Å². The van der Waals surface area contributed by atoms with Crippen LogP contribution in [0.3, 0.4) is 0 Å². The Labute approximate surface area is 119 Å². The molecule has 6 fully saturated rings. The lowest BCUT2D eigenvalue weighted by Gasteiger charge is -2.56. The maximum absolute atomic E-state index is 12.6. The molecule has 0 N–H and O–H groups in total. The van der Waals surface area contributed by atoms with Crippen molar-refractivity contribution in [3.05, 3.63) is 0 Å². The smallest absolute Gasteiger partial charge is 0.217 e. The molecule has 0 aromatic rings. The highest BCUT2D eigenvalue weighted by Crippen LogP contribution is 2.62. The predicted molar refractivity (Wildman–Crippen MR) is 69.2 cm³/mol. The molecule has 0 radical (unpaired) electrons. The summed E-state index contributed by atoms with van der Waals surface area (Å²) in [6.07, 6.45) is 9.49. The second-order valence-corrected chi connectivity index (χ2v) is 7.62. The van der Waals surface area contributed by atoms with Crippen molar-refractivity contribution in [3.8, 4) is 0 Å². The van der Waals surface area contributed by atoms with E-state index < -0.39 is 11.6 Å². The molecule has 4 heteroatoms. The molecule has 1 saturated heterocycles. The van der Waals surface area contributed by atoms with Gasteiger partial charge in [0.25, 0.3) is 0 Å². The molecule has 5 saturated carbocycles. The number of rotatable bonds is 0. The maximum Gasteiger partial charge on any atom is 0.217 e. The minimum absolute atomic E-state index is 0.0694. The topological polar surface area (TPSA) is 44.8 Å². The average Bonchev–Trinajstić information content (AvgIpc) is 2.82. The molecule has 0 aromatic carbocycles. The van der Waals surface area contributed by atoms with Crippen LogP contribution in [-0.4, -0.2) is 17.4 Å². The first-order chi connectivity index (χ1) is 9.71. The summed E-state index contributed by atoms with van der Waals surface area (Å²) in [5.74, 6) is 0.383. The first kappa shape index (κ1) is 12.1. The lowest BCUT2D eigenvalue weighted by molar-refractivity contribution is -0.382. The van der Waals surface area contributed by atoms with Crippen LogP contribution >= 0.6 is 0 Å². The van der Waals surface area contributed by atoms with Gasteiger partial charge in [-0.3, -0.25) is 4.79 Å². The molecule has 1 heterocycles. The third-order valence-electron chi connectivity index (χ3n) is 6.46. The maximum atomic E-state index is 12.6. The van der Waals surface area contributed by atoms with Gasteiger partial charge in [-0.15, -0.1) is 0 Å². The van der Waals surface area contributed by atoms with Crippen LogP contribution in [0.2, 0.25) is 0 Å². The number of carbonyl (C=O) groups is 1. The van der Waals surface area contributed by atoms with Crippen LogP contribution in [0.1, 0.15) is 57.8 Å². The molecule has 4 bridgehead atoms. The predicted octanol–water partition coefficient (Wildman–Crippen LogP) is 2.96. The van der Waals surface area contributed by atoms with Crippen molar-refractivity contribution in [1.29, 1.82) is 0 Å². The molecule has 6 rings (SSSR count). The van der Waals surface area contributed by atoms with Gasteiger partial charge < -0.3 is 4.74 Å². The second-order valence-electron chi connectivity index (χ2n) is 7.62. The summed E-state index contributed by atoms with van der Waals surface area (Å²) < 4.78 is 6.46. The Morgan fingerprint density at radius 2 is 1.80 bits per heavy atom. The van der Waals surface area contributed by atoms with Gasteiger partial charge in [0, 0.05) is 24.7 Å². The summed E-state index contributed by atoms with van der Waals surface area (Å²) in [5, 5.41) is 0. The highest BCUT2D eigenvalue weighted by Gasteiger charge is 2.69. The van der Waals surface area contributed by atoms with Crippen molar-refractivity contribution in [1.82, 2.24) is 0 Å². The quantitative estimate of drug-likeness (QED) is 0.639. The van der Waals surface area contributed by atoms with E-state index in [0.29, 0.717) is 17.6 Å². The average molecular weight is 278 g/mol. The van der Waals surface area contributed by atoms with E-state index in [1.54, 1.807) is 0 Å². The Kier molecular flexibility index (Phi) is 2.33. The van der Waals surface area contributed by atoms with Crippen LogP contribution in [0.4, 0.5) is 0 Å². The fourth-order valence-corrected chi connectivity index (χ4v) is 5.59. The first-order valence-electron chi connectivity index (χ1n) is 8.32. The van der Waals surface area contributed by atoms with Gasteiger partial charge in [0.2, 0.25) is 11.6 Å². The van der Waals surface area contributed by atoms with Gasteiger partial charge in [0.15, 0.2) is 0 Å². The fourth-order valence-electron chi connectivity index (χ4n) is 5.59. The van der Waals surface area contributed by atoms with Crippen molar-refractivity contribution in [2.24, 2.45) is 23.7 Å². The van der Waals surface area contributed by atoms with Crippen molar-refractivity contribution in [3.63, 3.8) is 0 Å². The number of hydrogen-bond donors (Lipinski definition) is 0. The van der Waals surface area contributed by atoms with Gasteiger partial charge >= 0.3 is 0 Å². The molecule has 110 valence electrons. The second kappa shape index (κ2) is 3.84. The zero-order valence-corrected chi connectivity index (χ0v) is 11.8. The fraction of sp³-hybridized carbons (Fsp3) is 0.938. The van der Waals surface area contributed by atoms with E-state index in [-0.39, 0.29) is 11.8 Å². The minimum Gasteiger partial charge on any atom is -0.311 e. The molecule has 0 amide bonds. The van der Waals surface area contributed by atoms with Crippen LogP contribution in [0.25, 0.3) is 0 Å². The zero-order valence-electron chi connectivity index (χ0n) is 11.8.